The van der Waals surface area contributed by atoms with Crippen molar-refractivity contribution in [3.05, 3.63) is 7.11 Å². The maximum Gasteiger partial charge on any atom is 0.304 e. The summed E-state index contributed by atoms with van der Waals surface area (Å²) in [5, 5.41) is 0. The van der Waals surface area contributed by atoms with E-state index in [-0.39, 0.29) is 0 Å². The largest absolute Gasteiger partial charge is 0.436 e. The molecule has 8 heavy (non-hydrogen) atoms. The van der Waals surface area contributed by atoms with Crippen LogP contribution in [0.15, 0.2) is 0 Å². The van der Waals surface area contributed by atoms with E-state index in [0.717, 1.165) is 0 Å². The van der Waals surface area contributed by atoms with E-state index in [1.54, 1.807) is 0 Å². The molecule has 0 aromatic carbocycles. The van der Waals surface area contributed by atoms with Gasteiger partial charge in [0.05, 0.1) is 0 Å². The van der Waals surface area contributed by atoms with Crippen molar-refractivity contribution in [1.29, 1.82) is 0 Å². The van der Waals surface area contributed by atoms with Crippen LogP contribution in [-0.4, -0.2) is 12.3 Å². The van der Waals surface area contributed by atoms with Gasteiger partial charge in [-0.3, -0.25) is 4.79 Å². The average molecular weight is 115 g/mol. The molecule has 1 unspecified atom stereocenters. The lowest BCUT2D eigenvalue weighted by Gasteiger charge is -2.06. The highest BCUT2D eigenvalue weighted by Gasteiger charge is 2.00. The third-order valence-electron chi connectivity index (χ3n) is 0.498. The van der Waals surface area contributed by atoms with E-state index in [1.165, 1.54) is 13.8 Å². The SMILES string of the molecule is [C]OC(C)OC(C)=O. The summed E-state index contributed by atoms with van der Waals surface area (Å²) >= 11 is 0. The Bertz CT molecular complexity index is 79.7. The highest BCUT2D eigenvalue weighted by Crippen LogP contribution is 1.90. The first-order valence-corrected chi connectivity index (χ1v) is 2.16. The van der Waals surface area contributed by atoms with Crippen LogP contribution >= 0.6 is 0 Å². The predicted octanol–water partition coefficient (Wildman–Crippen LogP) is 0.458. The Morgan fingerprint density at radius 1 is 1.75 bits per heavy atom. The Labute approximate surface area is 48.6 Å². The van der Waals surface area contributed by atoms with Gasteiger partial charge in [0.1, 0.15) is 0 Å². The number of carbonyl (C=O) groups is 1. The predicted molar refractivity (Wildman–Crippen MR) is 25.6 cm³/mol. The molecule has 0 aliphatic carbocycles. The fraction of sp³-hybridized carbons (Fsp3) is 0.600. The number of esters is 1. The van der Waals surface area contributed by atoms with Crippen LogP contribution in [0.1, 0.15) is 13.8 Å². The summed E-state index contributed by atoms with van der Waals surface area (Å²) < 4.78 is 8.22. The maximum absolute atomic E-state index is 10.0. The zero-order valence-corrected chi connectivity index (χ0v) is 4.80. The molecular formula is C5H7O3. The molecule has 0 amide bonds. The smallest absolute Gasteiger partial charge is 0.304 e. The lowest BCUT2D eigenvalue weighted by Crippen LogP contribution is -2.12. The Morgan fingerprint density at radius 2 is 2.25 bits per heavy atom. The first-order valence-electron chi connectivity index (χ1n) is 2.16. The molecule has 0 aliphatic rings. The molecular weight excluding hydrogens is 108 g/mol. The van der Waals surface area contributed by atoms with Gasteiger partial charge in [-0.25, -0.2) is 0 Å². The molecule has 0 saturated carbocycles. The van der Waals surface area contributed by atoms with Crippen LogP contribution in [0.4, 0.5) is 0 Å². The maximum atomic E-state index is 10.0. The molecule has 0 aliphatic heterocycles. The van der Waals surface area contributed by atoms with Gasteiger partial charge in [0.25, 0.3) is 0 Å². The van der Waals surface area contributed by atoms with Crippen LogP contribution in [0, 0.1) is 7.11 Å². The Balaban J connectivity index is 3.24. The van der Waals surface area contributed by atoms with E-state index >= 15 is 0 Å². The van der Waals surface area contributed by atoms with Gasteiger partial charge < -0.3 is 9.47 Å². The van der Waals surface area contributed by atoms with Gasteiger partial charge in [-0.05, 0) is 6.92 Å². The van der Waals surface area contributed by atoms with Crippen molar-refractivity contribution in [1.82, 2.24) is 0 Å². The zero-order chi connectivity index (χ0) is 6.57. The standard InChI is InChI=1S/C5H7O3/c1-4(6)8-5(2)7-3/h5H,1-2H3. The van der Waals surface area contributed by atoms with Crippen molar-refractivity contribution in [2.45, 2.75) is 20.1 Å². The molecule has 0 spiro atoms. The molecule has 3 nitrogen and oxygen atoms in total. The minimum absolute atomic E-state index is 0.440. The summed E-state index contributed by atoms with van der Waals surface area (Å²) in [6.45, 7) is 2.73. The molecule has 3 heteroatoms. The van der Waals surface area contributed by atoms with Gasteiger partial charge in [0, 0.05) is 6.92 Å². The lowest BCUT2D eigenvalue weighted by atomic mass is 10.7. The van der Waals surface area contributed by atoms with Crippen molar-refractivity contribution in [3.8, 4) is 0 Å². The Kier molecular flexibility index (Phi) is 3.19. The van der Waals surface area contributed by atoms with Crippen LogP contribution in [0.2, 0.25) is 0 Å². The molecule has 3 radical (unpaired) electrons. The second kappa shape index (κ2) is 3.43. The van der Waals surface area contributed by atoms with Crippen LogP contribution in [0.5, 0.6) is 0 Å². The van der Waals surface area contributed by atoms with Crippen molar-refractivity contribution in [2.24, 2.45) is 0 Å². The molecule has 0 aromatic heterocycles. The summed E-state index contributed by atoms with van der Waals surface area (Å²) in [4.78, 5) is 10.0. The average Bonchev–Trinajstić information content (AvgIpc) is 1.65. The number of rotatable bonds is 2. The summed E-state index contributed by atoms with van der Waals surface area (Å²) in [6.07, 6.45) is -0.757. The molecule has 0 N–H and O–H groups in total. The summed E-state index contributed by atoms with van der Waals surface area (Å²) in [6, 6.07) is 0. The third-order valence-corrected chi connectivity index (χ3v) is 0.498. The van der Waals surface area contributed by atoms with Gasteiger partial charge in [-0.2, -0.15) is 0 Å². The first kappa shape index (κ1) is 7.43. The van der Waals surface area contributed by atoms with Gasteiger partial charge >= 0.3 is 5.97 Å². The number of carbonyl (C=O) groups excluding carboxylic acids is 1. The van der Waals surface area contributed by atoms with E-state index in [2.05, 4.69) is 9.47 Å². The van der Waals surface area contributed by atoms with Gasteiger partial charge in [-0.15, -0.1) is 0 Å². The van der Waals surface area contributed by atoms with Crippen molar-refractivity contribution >= 4 is 5.97 Å². The van der Waals surface area contributed by atoms with E-state index in [4.69, 9.17) is 7.11 Å². The van der Waals surface area contributed by atoms with Gasteiger partial charge in [0.2, 0.25) is 6.29 Å². The Hall–Kier alpha value is -0.570. The number of ether oxygens (including phenoxy) is 2. The van der Waals surface area contributed by atoms with Crippen LogP contribution in [-0.2, 0) is 14.3 Å². The van der Waals surface area contributed by atoms with E-state index < -0.39 is 12.3 Å². The topological polar surface area (TPSA) is 35.5 Å². The highest BCUT2D eigenvalue weighted by atomic mass is 16.7. The van der Waals surface area contributed by atoms with Crippen molar-refractivity contribution in [3.63, 3.8) is 0 Å². The molecule has 0 fully saturated rings. The fourth-order valence-electron chi connectivity index (χ4n) is 0.258. The van der Waals surface area contributed by atoms with Crippen molar-refractivity contribution in [2.75, 3.05) is 0 Å². The molecule has 0 rings (SSSR count). The van der Waals surface area contributed by atoms with E-state index in [1.807, 2.05) is 0 Å². The first-order chi connectivity index (χ1) is 3.66. The lowest BCUT2D eigenvalue weighted by molar-refractivity contribution is -0.163. The number of hydrogen-bond donors (Lipinski definition) is 0. The number of hydrogen-bond acceptors (Lipinski definition) is 3. The Morgan fingerprint density at radius 3 is 2.38 bits per heavy atom. The third kappa shape index (κ3) is 3.61. The van der Waals surface area contributed by atoms with Crippen LogP contribution in [0.3, 0.4) is 0 Å². The van der Waals surface area contributed by atoms with Gasteiger partial charge in [0.15, 0.2) is 7.11 Å². The van der Waals surface area contributed by atoms with Crippen LogP contribution < -0.4 is 0 Å². The summed E-state index contributed by atoms with van der Waals surface area (Å²) in [5.41, 5.74) is 0. The summed E-state index contributed by atoms with van der Waals surface area (Å²) in [7, 11) is 6.22. The monoisotopic (exact) mass is 115 g/mol. The van der Waals surface area contributed by atoms with Crippen molar-refractivity contribution < 1.29 is 14.3 Å². The second-order valence-corrected chi connectivity index (χ2v) is 1.29. The highest BCUT2D eigenvalue weighted by molar-refractivity contribution is 5.65. The molecule has 1 atom stereocenters. The molecule has 45 valence electrons. The van der Waals surface area contributed by atoms with Crippen LogP contribution in [0.25, 0.3) is 0 Å². The van der Waals surface area contributed by atoms with Gasteiger partial charge in [-0.1, -0.05) is 0 Å². The van der Waals surface area contributed by atoms with E-state index in [0.29, 0.717) is 0 Å². The zero-order valence-electron chi connectivity index (χ0n) is 4.80. The fourth-order valence-corrected chi connectivity index (χ4v) is 0.258. The normalized spacial score (nSPS) is 12.9. The molecule has 0 bridgehead atoms. The molecule has 0 aromatic rings. The second-order valence-electron chi connectivity index (χ2n) is 1.29. The quantitative estimate of drug-likeness (QED) is 0.387. The van der Waals surface area contributed by atoms with E-state index in [9.17, 15) is 4.79 Å². The molecule has 0 heterocycles. The summed E-state index contributed by atoms with van der Waals surface area (Å²) in [5.74, 6) is -0.440. The minimum atomic E-state index is -0.757. The molecule has 0 saturated heterocycles. The minimum Gasteiger partial charge on any atom is -0.436 e.